The number of carbonyl (C=O) groups is 1. The van der Waals surface area contributed by atoms with Crippen LogP contribution in [0, 0.1) is 5.41 Å². The van der Waals surface area contributed by atoms with Crippen molar-refractivity contribution in [1.82, 2.24) is 10.2 Å². The van der Waals surface area contributed by atoms with Gasteiger partial charge in [-0.3, -0.25) is 4.79 Å². The molecular formula is C11H20N2O2. The van der Waals surface area contributed by atoms with Gasteiger partial charge in [0, 0.05) is 5.41 Å². The molecule has 0 saturated carbocycles. The molecule has 0 aromatic carbocycles. The van der Waals surface area contributed by atoms with Gasteiger partial charge in [-0.05, 0) is 32.9 Å². The molecule has 0 bridgehead atoms. The summed E-state index contributed by atoms with van der Waals surface area (Å²) in [6.07, 6.45) is 1.81. The molecule has 0 spiro atoms. The molecule has 0 aliphatic carbocycles. The zero-order chi connectivity index (χ0) is 11.1. The monoisotopic (exact) mass is 212 g/mol. The van der Waals surface area contributed by atoms with E-state index in [1.54, 1.807) is 11.8 Å². The maximum Gasteiger partial charge on any atom is 0.228 e. The van der Waals surface area contributed by atoms with E-state index >= 15 is 0 Å². The lowest BCUT2D eigenvalue weighted by atomic mass is 9.78. The van der Waals surface area contributed by atoms with E-state index in [1.807, 2.05) is 6.92 Å². The number of hydrogen-bond acceptors (Lipinski definition) is 3. The summed E-state index contributed by atoms with van der Waals surface area (Å²) in [6.45, 7) is 6.66. The molecule has 2 fully saturated rings. The molecule has 4 nitrogen and oxygen atoms in total. The Kier molecular flexibility index (Phi) is 2.51. The maximum absolute atomic E-state index is 12.2. The van der Waals surface area contributed by atoms with Gasteiger partial charge in [0.15, 0.2) is 0 Å². The van der Waals surface area contributed by atoms with Crippen molar-refractivity contribution in [3.63, 3.8) is 0 Å². The molecule has 86 valence electrons. The van der Waals surface area contributed by atoms with Crippen LogP contribution in [0.3, 0.4) is 0 Å². The Morgan fingerprint density at radius 1 is 1.27 bits per heavy atom. The molecule has 2 saturated heterocycles. The van der Waals surface area contributed by atoms with Gasteiger partial charge in [-0.25, -0.2) is 0 Å². The summed E-state index contributed by atoms with van der Waals surface area (Å²) in [5, 5.41) is 12.9. The van der Waals surface area contributed by atoms with Gasteiger partial charge in [0.2, 0.25) is 5.91 Å². The molecule has 15 heavy (non-hydrogen) atoms. The molecule has 0 unspecified atom stereocenters. The van der Waals surface area contributed by atoms with Gasteiger partial charge in [0.1, 0.15) is 0 Å². The van der Waals surface area contributed by atoms with Crippen LogP contribution < -0.4 is 5.32 Å². The summed E-state index contributed by atoms with van der Waals surface area (Å²) in [5.74, 6) is 0.218. The number of nitrogens with zero attached hydrogens (tertiary/aromatic N) is 1. The Balaban J connectivity index is 1.96. The lowest BCUT2D eigenvalue weighted by molar-refractivity contribution is -0.163. The fourth-order valence-electron chi connectivity index (χ4n) is 2.49. The summed E-state index contributed by atoms with van der Waals surface area (Å²) in [4.78, 5) is 14.0. The largest absolute Gasteiger partial charge is 0.386 e. The second-order valence-electron chi connectivity index (χ2n) is 5.47. The fourth-order valence-corrected chi connectivity index (χ4v) is 2.49. The third-order valence-electron chi connectivity index (χ3n) is 3.57. The van der Waals surface area contributed by atoms with E-state index in [4.69, 9.17) is 0 Å². The van der Waals surface area contributed by atoms with Crippen LogP contribution in [0.15, 0.2) is 0 Å². The first-order valence-corrected chi connectivity index (χ1v) is 5.66. The van der Waals surface area contributed by atoms with Crippen molar-refractivity contribution in [2.75, 3.05) is 26.2 Å². The molecule has 1 amide bonds. The van der Waals surface area contributed by atoms with Crippen molar-refractivity contribution in [2.24, 2.45) is 5.41 Å². The van der Waals surface area contributed by atoms with Crippen molar-refractivity contribution in [1.29, 1.82) is 0 Å². The number of hydrogen-bond donors (Lipinski definition) is 2. The first kappa shape index (κ1) is 10.9. The van der Waals surface area contributed by atoms with Crippen LogP contribution in [0.5, 0.6) is 0 Å². The van der Waals surface area contributed by atoms with Gasteiger partial charge < -0.3 is 15.3 Å². The number of likely N-dealkylation sites (tertiary alicyclic amines) is 1. The summed E-state index contributed by atoms with van der Waals surface area (Å²) >= 11 is 0. The third kappa shape index (κ3) is 2.01. The van der Waals surface area contributed by atoms with E-state index < -0.39 is 5.60 Å². The van der Waals surface area contributed by atoms with E-state index in [1.165, 1.54) is 0 Å². The first-order chi connectivity index (χ1) is 6.93. The minimum Gasteiger partial charge on any atom is -0.386 e. The van der Waals surface area contributed by atoms with Crippen LogP contribution >= 0.6 is 0 Å². The number of rotatable bonds is 1. The lowest BCUT2D eigenvalue weighted by Gasteiger charge is -2.48. The van der Waals surface area contributed by atoms with Gasteiger partial charge in [0.25, 0.3) is 0 Å². The standard InChI is InChI=1S/C11H20N2O2/c1-10(3-5-12-6-4-10)9(14)13-7-11(2,15)8-13/h12,15H,3-8H2,1-2H3. The predicted octanol–water partition coefficient (Wildman–Crippen LogP) is -0.0307. The second kappa shape index (κ2) is 3.46. The quantitative estimate of drug-likeness (QED) is 0.642. The highest BCUT2D eigenvalue weighted by molar-refractivity contribution is 5.83. The van der Waals surface area contributed by atoms with Crippen LogP contribution in [0.2, 0.25) is 0 Å². The zero-order valence-electron chi connectivity index (χ0n) is 9.55. The van der Waals surface area contributed by atoms with Crippen molar-refractivity contribution >= 4 is 5.91 Å². The SMILES string of the molecule is CC1(O)CN(C(=O)C2(C)CCNCC2)C1. The third-order valence-corrected chi connectivity index (χ3v) is 3.57. The van der Waals surface area contributed by atoms with E-state index in [9.17, 15) is 9.90 Å². The molecule has 0 atom stereocenters. The van der Waals surface area contributed by atoms with E-state index in [0.717, 1.165) is 25.9 Å². The Bertz CT molecular complexity index is 262. The Morgan fingerprint density at radius 3 is 2.27 bits per heavy atom. The van der Waals surface area contributed by atoms with Crippen LogP contribution in [0.25, 0.3) is 0 Å². The average molecular weight is 212 g/mol. The van der Waals surface area contributed by atoms with Gasteiger partial charge >= 0.3 is 0 Å². The number of aliphatic hydroxyl groups is 1. The number of amides is 1. The van der Waals surface area contributed by atoms with Crippen LogP contribution in [-0.2, 0) is 4.79 Å². The van der Waals surface area contributed by atoms with Crippen LogP contribution in [-0.4, -0.2) is 47.7 Å². The Labute approximate surface area is 90.6 Å². The summed E-state index contributed by atoms with van der Waals surface area (Å²) in [7, 11) is 0. The summed E-state index contributed by atoms with van der Waals surface area (Å²) < 4.78 is 0. The average Bonchev–Trinajstić information content (AvgIpc) is 2.14. The number of carbonyl (C=O) groups excluding carboxylic acids is 1. The molecule has 2 aliphatic heterocycles. The topological polar surface area (TPSA) is 52.6 Å². The number of piperidine rings is 1. The normalized spacial score (nSPS) is 28.3. The van der Waals surface area contributed by atoms with Crippen LogP contribution in [0.1, 0.15) is 26.7 Å². The molecule has 2 heterocycles. The molecule has 0 aromatic rings. The molecule has 4 heteroatoms. The van der Waals surface area contributed by atoms with Crippen molar-refractivity contribution in [2.45, 2.75) is 32.3 Å². The van der Waals surface area contributed by atoms with Crippen molar-refractivity contribution < 1.29 is 9.90 Å². The number of nitrogens with one attached hydrogen (secondary N) is 1. The van der Waals surface area contributed by atoms with Gasteiger partial charge in [-0.2, -0.15) is 0 Å². The molecule has 2 aliphatic rings. The summed E-state index contributed by atoms with van der Waals surface area (Å²) in [5.41, 5.74) is -0.860. The summed E-state index contributed by atoms with van der Waals surface area (Å²) in [6, 6.07) is 0. The van der Waals surface area contributed by atoms with Crippen molar-refractivity contribution in [3.8, 4) is 0 Å². The second-order valence-corrected chi connectivity index (χ2v) is 5.47. The van der Waals surface area contributed by atoms with Crippen LogP contribution in [0.4, 0.5) is 0 Å². The molecule has 0 aromatic heterocycles. The van der Waals surface area contributed by atoms with Gasteiger partial charge in [-0.15, -0.1) is 0 Å². The van der Waals surface area contributed by atoms with E-state index in [0.29, 0.717) is 13.1 Å². The van der Waals surface area contributed by atoms with E-state index in [-0.39, 0.29) is 11.3 Å². The highest BCUT2D eigenvalue weighted by Gasteiger charge is 2.46. The number of β-amino-alcohol motifs (C(OH)–C–C–N with tert-alkyl or cyclic N) is 1. The van der Waals surface area contributed by atoms with Crippen molar-refractivity contribution in [3.05, 3.63) is 0 Å². The lowest BCUT2D eigenvalue weighted by Crippen LogP contribution is -2.64. The highest BCUT2D eigenvalue weighted by Crippen LogP contribution is 2.33. The molecule has 2 rings (SSSR count). The molecule has 2 N–H and O–H groups in total. The maximum atomic E-state index is 12.2. The molecule has 0 radical (unpaired) electrons. The zero-order valence-corrected chi connectivity index (χ0v) is 9.55. The minimum atomic E-state index is -0.654. The highest BCUT2D eigenvalue weighted by atomic mass is 16.3. The Morgan fingerprint density at radius 2 is 1.80 bits per heavy atom. The van der Waals surface area contributed by atoms with Gasteiger partial charge in [-0.1, -0.05) is 6.92 Å². The molecular weight excluding hydrogens is 192 g/mol. The first-order valence-electron chi connectivity index (χ1n) is 5.66. The van der Waals surface area contributed by atoms with E-state index in [2.05, 4.69) is 5.32 Å². The Hall–Kier alpha value is -0.610. The van der Waals surface area contributed by atoms with Gasteiger partial charge in [0.05, 0.1) is 18.7 Å². The minimum absolute atomic E-state index is 0.207. The predicted molar refractivity (Wildman–Crippen MR) is 57.4 cm³/mol. The smallest absolute Gasteiger partial charge is 0.228 e. The fraction of sp³-hybridized carbons (Fsp3) is 0.909.